The third-order valence-electron chi connectivity index (χ3n) is 2.24. The van der Waals surface area contributed by atoms with Crippen molar-refractivity contribution < 1.29 is 0 Å². The number of aromatic nitrogens is 1. The van der Waals surface area contributed by atoms with Crippen molar-refractivity contribution in [2.75, 3.05) is 12.8 Å². The molecular formula is C11H17ClN2S. The summed E-state index contributed by atoms with van der Waals surface area (Å²) < 4.78 is 0. The van der Waals surface area contributed by atoms with Crippen LogP contribution >= 0.6 is 23.4 Å². The molecule has 0 saturated carbocycles. The summed E-state index contributed by atoms with van der Waals surface area (Å²) >= 11 is 7.73. The summed E-state index contributed by atoms with van der Waals surface area (Å²) in [5.41, 5.74) is 0. The Labute approximate surface area is 101 Å². The SMILES string of the molecule is CNC(C)CCCSc1ncccc1Cl. The van der Waals surface area contributed by atoms with Gasteiger partial charge >= 0.3 is 0 Å². The van der Waals surface area contributed by atoms with Gasteiger partial charge in [0.15, 0.2) is 0 Å². The van der Waals surface area contributed by atoms with Gasteiger partial charge < -0.3 is 5.32 Å². The number of rotatable bonds is 6. The van der Waals surface area contributed by atoms with E-state index < -0.39 is 0 Å². The predicted molar refractivity (Wildman–Crippen MR) is 67.7 cm³/mol. The molecule has 1 unspecified atom stereocenters. The highest BCUT2D eigenvalue weighted by Gasteiger charge is 2.02. The van der Waals surface area contributed by atoms with E-state index in [-0.39, 0.29) is 0 Å². The van der Waals surface area contributed by atoms with E-state index >= 15 is 0 Å². The highest BCUT2D eigenvalue weighted by atomic mass is 35.5. The van der Waals surface area contributed by atoms with Crippen molar-refractivity contribution in [3.63, 3.8) is 0 Å². The normalized spacial score (nSPS) is 12.7. The Hall–Kier alpha value is -0.250. The zero-order chi connectivity index (χ0) is 11.1. The van der Waals surface area contributed by atoms with Gasteiger partial charge in [-0.2, -0.15) is 0 Å². The minimum absolute atomic E-state index is 0.588. The van der Waals surface area contributed by atoms with Crippen molar-refractivity contribution in [3.05, 3.63) is 23.4 Å². The first kappa shape index (κ1) is 12.8. The fourth-order valence-corrected chi connectivity index (χ4v) is 2.31. The molecule has 0 aliphatic carbocycles. The van der Waals surface area contributed by atoms with Gasteiger partial charge in [0.25, 0.3) is 0 Å². The lowest BCUT2D eigenvalue weighted by Crippen LogP contribution is -2.20. The Kier molecular flexibility index (Phi) is 6.06. The molecule has 1 rings (SSSR count). The molecule has 0 amide bonds. The van der Waals surface area contributed by atoms with Gasteiger partial charge in [-0.05, 0) is 44.7 Å². The van der Waals surface area contributed by atoms with Gasteiger partial charge in [0, 0.05) is 12.2 Å². The van der Waals surface area contributed by atoms with Crippen LogP contribution < -0.4 is 5.32 Å². The van der Waals surface area contributed by atoms with E-state index in [9.17, 15) is 0 Å². The van der Waals surface area contributed by atoms with Crippen molar-refractivity contribution >= 4 is 23.4 Å². The van der Waals surface area contributed by atoms with Crippen molar-refractivity contribution in [2.24, 2.45) is 0 Å². The van der Waals surface area contributed by atoms with Gasteiger partial charge in [-0.25, -0.2) is 4.98 Å². The largest absolute Gasteiger partial charge is 0.317 e. The second kappa shape index (κ2) is 7.09. The van der Waals surface area contributed by atoms with Crippen molar-refractivity contribution in [1.29, 1.82) is 0 Å². The van der Waals surface area contributed by atoms with Crippen LogP contribution in [-0.2, 0) is 0 Å². The van der Waals surface area contributed by atoms with Gasteiger partial charge in [-0.15, -0.1) is 11.8 Å². The molecule has 1 aromatic rings. The minimum atomic E-state index is 0.588. The summed E-state index contributed by atoms with van der Waals surface area (Å²) in [6, 6.07) is 4.33. The molecule has 1 atom stereocenters. The topological polar surface area (TPSA) is 24.9 Å². The third kappa shape index (κ3) is 4.87. The van der Waals surface area contributed by atoms with Crippen molar-refractivity contribution in [2.45, 2.75) is 30.8 Å². The highest BCUT2D eigenvalue weighted by Crippen LogP contribution is 2.24. The molecule has 1 heterocycles. The van der Waals surface area contributed by atoms with Crippen molar-refractivity contribution in [3.8, 4) is 0 Å². The Morgan fingerprint density at radius 1 is 1.60 bits per heavy atom. The number of pyridine rings is 1. The molecule has 1 N–H and O–H groups in total. The molecule has 0 radical (unpaired) electrons. The minimum Gasteiger partial charge on any atom is -0.317 e. The summed E-state index contributed by atoms with van der Waals surface area (Å²) in [5.74, 6) is 1.07. The molecule has 15 heavy (non-hydrogen) atoms. The Balaban J connectivity index is 2.23. The molecule has 0 spiro atoms. The number of hydrogen-bond donors (Lipinski definition) is 1. The van der Waals surface area contributed by atoms with E-state index in [1.165, 1.54) is 12.8 Å². The average Bonchev–Trinajstić information content (AvgIpc) is 2.26. The van der Waals surface area contributed by atoms with Crippen LogP contribution in [-0.4, -0.2) is 23.8 Å². The number of nitrogens with one attached hydrogen (secondary N) is 1. The standard InChI is InChI=1S/C11H17ClN2S/c1-9(13-2)5-4-8-15-11-10(12)6-3-7-14-11/h3,6-7,9,13H,4-5,8H2,1-2H3. The maximum Gasteiger partial charge on any atom is 0.115 e. The molecule has 0 bridgehead atoms. The fourth-order valence-electron chi connectivity index (χ4n) is 1.18. The third-order valence-corrected chi connectivity index (χ3v) is 3.75. The first-order valence-electron chi connectivity index (χ1n) is 5.14. The lowest BCUT2D eigenvalue weighted by atomic mass is 10.2. The summed E-state index contributed by atoms with van der Waals surface area (Å²) in [4.78, 5) is 4.23. The molecular weight excluding hydrogens is 228 g/mol. The first-order chi connectivity index (χ1) is 7.24. The van der Waals surface area contributed by atoms with Crippen LogP contribution in [0, 0.1) is 0 Å². The molecule has 0 aromatic carbocycles. The number of hydrogen-bond acceptors (Lipinski definition) is 3. The summed E-state index contributed by atoms with van der Waals surface area (Å²) in [6.45, 7) is 2.19. The molecule has 84 valence electrons. The second-order valence-electron chi connectivity index (χ2n) is 3.47. The van der Waals surface area contributed by atoms with E-state index in [0.717, 1.165) is 15.8 Å². The zero-order valence-electron chi connectivity index (χ0n) is 9.16. The van der Waals surface area contributed by atoms with Gasteiger partial charge in [0.1, 0.15) is 5.03 Å². The maximum absolute atomic E-state index is 6.00. The monoisotopic (exact) mass is 244 g/mol. The summed E-state index contributed by atoms with van der Waals surface area (Å²) in [5, 5.41) is 4.92. The lowest BCUT2D eigenvalue weighted by molar-refractivity contribution is 0.559. The predicted octanol–water partition coefficient (Wildman–Crippen LogP) is 3.22. The van der Waals surface area contributed by atoms with Crippen LogP contribution in [0.4, 0.5) is 0 Å². The Bertz CT molecular complexity index is 294. The average molecular weight is 245 g/mol. The van der Waals surface area contributed by atoms with Crippen LogP contribution in [0.25, 0.3) is 0 Å². The van der Waals surface area contributed by atoms with Crippen LogP contribution in [0.3, 0.4) is 0 Å². The zero-order valence-corrected chi connectivity index (χ0v) is 10.7. The molecule has 2 nitrogen and oxygen atoms in total. The highest BCUT2D eigenvalue weighted by molar-refractivity contribution is 7.99. The Morgan fingerprint density at radius 3 is 3.07 bits per heavy atom. The van der Waals surface area contributed by atoms with Crippen LogP contribution in [0.2, 0.25) is 5.02 Å². The van der Waals surface area contributed by atoms with Gasteiger partial charge in [-0.1, -0.05) is 11.6 Å². The van der Waals surface area contributed by atoms with Crippen LogP contribution in [0.15, 0.2) is 23.4 Å². The summed E-state index contributed by atoms with van der Waals surface area (Å²) in [7, 11) is 1.99. The van der Waals surface area contributed by atoms with E-state index in [4.69, 9.17) is 11.6 Å². The number of thioether (sulfide) groups is 1. The molecule has 1 aromatic heterocycles. The molecule has 0 aliphatic heterocycles. The molecule has 0 aliphatic rings. The fraction of sp³-hybridized carbons (Fsp3) is 0.545. The summed E-state index contributed by atoms with van der Waals surface area (Å²) in [6.07, 6.45) is 4.15. The Morgan fingerprint density at radius 2 is 2.40 bits per heavy atom. The van der Waals surface area contributed by atoms with E-state index in [1.807, 2.05) is 19.2 Å². The van der Waals surface area contributed by atoms with Gasteiger partial charge in [-0.3, -0.25) is 0 Å². The number of halogens is 1. The lowest BCUT2D eigenvalue weighted by Gasteiger charge is -2.09. The van der Waals surface area contributed by atoms with Gasteiger partial charge in [0.05, 0.1) is 5.02 Å². The van der Waals surface area contributed by atoms with E-state index in [2.05, 4.69) is 17.2 Å². The first-order valence-corrected chi connectivity index (χ1v) is 6.51. The smallest absolute Gasteiger partial charge is 0.115 e. The van der Waals surface area contributed by atoms with E-state index in [0.29, 0.717) is 6.04 Å². The van der Waals surface area contributed by atoms with Gasteiger partial charge in [0.2, 0.25) is 0 Å². The number of nitrogens with zero attached hydrogens (tertiary/aromatic N) is 1. The molecule has 0 saturated heterocycles. The maximum atomic E-state index is 6.00. The quantitative estimate of drug-likeness (QED) is 0.615. The van der Waals surface area contributed by atoms with Crippen LogP contribution in [0.1, 0.15) is 19.8 Å². The second-order valence-corrected chi connectivity index (χ2v) is 4.96. The van der Waals surface area contributed by atoms with E-state index in [1.54, 1.807) is 18.0 Å². The molecule has 4 heteroatoms. The van der Waals surface area contributed by atoms with Crippen LogP contribution in [0.5, 0.6) is 0 Å². The molecule has 0 fully saturated rings. The van der Waals surface area contributed by atoms with Crippen molar-refractivity contribution in [1.82, 2.24) is 10.3 Å².